The molecule has 1 aliphatic rings. The van der Waals surface area contributed by atoms with Crippen LogP contribution in [-0.4, -0.2) is 45.3 Å². The summed E-state index contributed by atoms with van der Waals surface area (Å²) in [6, 6.07) is 1.73. The highest BCUT2D eigenvalue weighted by Gasteiger charge is 2.21. The Morgan fingerprint density at radius 2 is 2.14 bits per heavy atom. The summed E-state index contributed by atoms with van der Waals surface area (Å²) >= 11 is 0. The van der Waals surface area contributed by atoms with E-state index in [0.717, 1.165) is 31.7 Å². The van der Waals surface area contributed by atoms with Crippen LogP contribution in [-0.2, 0) is 7.05 Å². The Morgan fingerprint density at radius 1 is 1.32 bits per heavy atom. The minimum absolute atomic E-state index is 0.0589. The van der Waals surface area contributed by atoms with Crippen LogP contribution in [0.3, 0.4) is 0 Å². The van der Waals surface area contributed by atoms with Crippen LogP contribution >= 0.6 is 0 Å². The Bertz CT molecular complexity index is 618. The quantitative estimate of drug-likeness (QED) is 0.906. The second-order valence-corrected chi connectivity index (χ2v) is 5.54. The van der Waals surface area contributed by atoms with Gasteiger partial charge in [0.25, 0.3) is 5.91 Å². The number of aryl methyl sites for hydroxylation is 1. The van der Waals surface area contributed by atoms with Gasteiger partial charge in [0.15, 0.2) is 0 Å². The minimum Gasteiger partial charge on any atom is -0.355 e. The zero-order chi connectivity index (χ0) is 15.4. The van der Waals surface area contributed by atoms with Crippen LogP contribution in [0.25, 0.3) is 0 Å². The molecule has 0 aromatic carbocycles. The number of hydrogen-bond acceptors (Lipinski definition) is 5. The molecule has 7 nitrogen and oxygen atoms in total. The van der Waals surface area contributed by atoms with Crippen LogP contribution in [0.1, 0.15) is 23.3 Å². The van der Waals surface area contributed by atoms with Gasteiger partial charge in [0, 0.05) is 45.3 Å². The summed E-state index contributed by atoms with van der Waals surface area (Å²) in [6.45, 7) is 2.61. The molecule has 22 heavy (non-hydrogen) atoms. The molecule has 1 N–H and O–H groups in total. The molecule has 0 radical (unpaired) electrons. The molecule has 2 aromatic heterocycles. The number of amides is 1. The molecule has 0 spiro atoms. The van der Waals surface area contributed by atoms with Crippen molar-refractivity contribution in [1.29, 1.82) is 0 Å². The van der Waals surface area contributed by atoms with E-state index < -0.39 is 0 Å². The van der Waals surface area contributed by atoms with Crippen molar-refractivity contribution in [2.24, 2.45) is 13.0 Å². The molecule has 2 aromatic rings. The van der Waals surface area contributed by atoms with Gasteiger partial charge in [0.2, 0.25) is 0 Å². The number of aromatic nitrogens is 4. The molecule has 0 atom stereocenters. The fraction of sp³-hybridized carbons (Fsp3) is 0.467. The molecule has 0 bridgehead atoms. The third kappa shape index (κ3) is 3.24. The zero-order valence-electron chi connectivity index (χ0n) is 12.6. The van der Waals surface area contributed by atoms with Crippen molar-refractivity contribution in [3.8, 4) is 0 Å². The summed E-state index contributed by atoms with van der Waals surface area (Å²) in [5.41, 5.74) is 0.594. The third-order valence-electron chi connectivity index (χ3n) is 4.09. The molecule has 0 aliphatic carbocycles. The van der Waals surface area contributed by atoms with Crippen LogP contribution in [0.15, 0.2) is 30.9 Å². The van der Waals surface area contributed by atoms with Gasteiger partial charge in [-0.15, -0.1) is 0 Å². The van der Waals surface area contributed by atoms with Gasteiger partial charge in [-0.3, -0.25) is 14.5 Å². The largest absolute Gasteiger partial charge is 0.355 e. The van der Waals surface area contributed by atoms with E-state index in [1.165, 1.54) is 0 Å². The lowest BCUT2D eigenvalue weighted by atomic mass is 9.97. The van der Waals surface area contributed by atoms with Crippen LogP contribution < -0.4 is 10.2 Å². The summed E-state index contributed by atoms with van der Waals surface area (Å²) in [5, 5.41) is 7.02. The van der Waals surface area contributed by atoms with E-state index in [9.17, 15) is 4.79 Å². The topological polar surface area (TPSA) is 75.9 Å². The number of piperidine rings is 1. The maximum atomic E-state index is 12.1. The van der Waals surface area contributed by atoms with Gasteiger partial charge in [-0.05, 0) is 24.8 Å². The van der Waals surface area contributed by atoms with E-state index in [1.807, 2.05) is 0 Å². The number of hydrogen-bond donors (Lipinski definition) is 1. The van der Waals surface area contributed by atoms with Crippen LogP contribution in [0, 0.1) is 5.92 Å². The summed E-state index contributed by atoms with van der Waals surface area (Å²) in [7, 11) is 1.77. The fourth-order valence-electron chi connectivity index (χ4n) is 2.74. The fourth-order valence-corrected chi connectivity index (χ4v) is 2.74. The van der Waals surface area contributed by atoms with E-state index in [2.05, 4.69) is 25.3 Å². The third-order valence-corrected chi connectivity index (χ3v) is 4.09. The molecule has 1 aliphatic heterocycles. The van der Waals surface area contributed by atoms with E-state index >= 15 is 0 Å². The molecule has 0 saturated carbocycles. The predicted molar refractivity (Wildman–Crippen MR) is 82.5 cm³/mol. The summed E-state index contributed by atoms with van der Waals surface area (Å²) in [4.78, 5) is 22.7. The van der Waals surface area contributed by atoms with Crippen molar-refractivity contribution in [2.45, 2.75) is 12.8 Å². The Hall–Kier alpha value is -2.44. The second kappa shape index (κ2) is 6.55. The Kier molecular flexibility index (Phi) is 4.32. The number of anilines is 1. The SMILES string of the molecule is Cn1nccc1C(=O)NCC1CCN(c2cnccn2)CC1. The molecular formula is C15H20N6O. The first kappa shape index (κ1) is 14.5. The first-order valence-corrected chi connectivity index (χ1v) is 7.51. The highest BCUT2D eigenvalue weighted by Crippen LogP contribution is 2.20. The maximum absolute atomic E-state index is 12.1. The number of carbonyl (C=O) groups is 1. The molecule has 3 rings (SSSR count). The zero-order valence-corrected chi connectivity index (χ0v) is 12.6. The Balaban J connectivity index is 1.46. The van der Waals surface area contributed by atoms with Crippen molar-refractivity contribution in [3.05, 3.63) is 36.5 Å². The number of nitrogens with zero attached hydrogens (tertiary/aromatic N) is 5. The molecule has 116 valence electrons. The summed E-state index contributed by atoms with van der Waals surface area (Å²) < 4.78 is 1.59. The van der Waals surface area contributed by atoms with Gasteiger partial charge in [-0.2, -0.15) is 5.10 Å². The van der Waals surface area contributed by atoms with Crippen molar-refractivity contribution in [1.82, 2.24) is 25.1 Å². The van der Waals surface area contributed by atoms with Gasteiger partial charge in [0.05, 0.1) is 6.20 Å². The molecule has 7 heteroatoms. The minimum atomic E-state index is -0.0589. The van der Waals surface area contributed by atoms with E-state index in [-0.39, 0.29) is 5.91 Å². The molecular weight excluding hydrogens is 280 g/mol. The van der Waals surface area contributed by atoms with Gasteiger partial charge in [-0.1, -0.05) is 0 Å². The van der Waals surface area contributed by atoms with Crippen LogP contribution in [0.2, 0.25) is 0 Å². The second-order valence-electron chi connectivity index (χ2n) is 5.54. The van der Waals surface area contributed by atoms with Crippen molar-refractivity contribution in [2.75, 3.05) is 24.5 Å². The summed E-state index contributed by atoms with van der Waals surface area (Å²) in [5.74, 6) is 1.38. The van der Waals surface area contributed by atoms with Crippen molar-refractivity contribution < 1.29 is 4.79 Å². The van der Waals surface area contributed by atoms with E-state index in [4.69, 9.17) is 0 Å². The summed E-state index contributed by atoms with van der Waals surface area (Å²) in [6.07, 6.45) is 8.92. The first-order chi connectivity index (χ1) is 10.7. The van der Waals surface area contributed by atoms with Crippen molar-refractivity contribution >= 4 is 11.7 Å². The highest BCUT2D eigenvalue weighted by molar-refractivity contribution is 5.92. The Labute approximate surface area is 129 Å². The molecule has 3 heterocycles. The van der Waals surface area contributed by atoms with Crippen LogP contribution in [0.5, 0.6) is 0 Å². The molecule has 1 amide bonds. The number of carbonyl (C=O) groups excluding carboxylic acids is 1. The number of nitrogens with one attached hydrogen (secondary N) is 1. The van der Waals surface area contributed by atoms with Gasteiger partial charge < -0.3 is 10.2 Å². The lowest BCUT2D eigenvalue weighted by Gasteiger charge is -2.32. The lowest BCUT2D eigenvalue weighted by molar-refractivity contribution is 0.0935. The van der Waals surface area contributed by atoms with Crippen LogP contribution in [0.4, 0.5) is 5.82 Å². The van der Waals surface area contributed by atoms with Gasteiger partial charge in [-0.25, -0.2) is 4.98 Å². The molecule has 1 saturated heterocycles. The highest BCUT2D eigenvalue weighted by atomic mass is 16.2. The molecule has 0 unspecified atom stereocenters. The predicted octanol–water partition coefficient (Wildman–Crippen LogP) is 0.856. The normalized spacial score (nSPS) is 15.8. The number of rotatable bonds is 4. The maximum Gasteiger partial charge on any atom is 0.269 e. The average molecular weight is 300 g/mol. The van der Waals surface area contributed by atoms with Gasteiger partial charge in [0.1, 0.15) is 11.5 Å². The first-order valence-electron chi connectivity index (χ1n) is 7.51. The smallest absolute Gasteiger partial charge is 0.269 e. The van der Waals surface area contributed by atoms with E-state index in [0.29, 0.717) is 18.2 Å². The average Bonchev–Trinajstić information content (AvgIpc) is 3.00. The van der Waals surface area contributed by atoms with E-state index in [1.54, 1.807) is 42.6 Å². The Morgan fingerprint density at radius 3 is 2.77 bits per heavy atom. The van der Waals surface area contributed by atoms with Gasteiger partial charge >= 0.3 is 0 Å². The standard InChI is InChI=1S/C15H20N6O/c1-20-13(2-5-19-20)15(22)18-10-12-3-8-21(9-4-12)14-11-16-6-7-17-14/h2,5-7,11-12H,3-4,8-10H2,1H3,(H,18,22). The lowest BCUT2D eigenvalue weighted by Crippen LogP contribution is -2.39. The monoisotopic (exact) mass is 300 g/mol. The van der Waals surface area contributed by atoms with Crippen molar-refractivity contribution in [3.63, 3.8) is 0 Å². The molecule has 1 fully saturated rings.